The number of halogens is 6. The molecule has 0 amide bonds. The van der Waals surface area contributed by atoms with Crippen LogP contribution >= 0.6 is 0 Å². The Morgan fingerprint density at radius 3 is 1.87 bits per heavy atom. The molecule has 0 radical (unpaired) electrons. The fraction of sp³-hybridized carbons (Fsp3) is 0.379. The first-order chi connectivity index (χ1) is 17.9. The Morgan fingerprint density at radius 1 is 0.842 bits per heavy atom. The number of ether oxygens (including phenoxy) is 1. The monoisotopic (exact) mass is 536 g/mol. The zero-order valence-corrected chi connectivity index (χ0v) is 20.9. The van der Waals surface area contributed by atoms with Crippen molar-refractivity contribution >= 4 is 0 Å². The molecule has 0 aromatic heterocycles. The van der Waals surface area contributed by atoms with Crippen LogP contribution < -0.4 is 11.1 Å². The van der Waals surface area contributed by atoms with Crippen LogP contribution in [0.2, 0.25) is 0 Å². The van der Waals surface area contributed by atoms with E-state index in [4.69, 9.17) is 10.5 Å². The van der Waals surface area contributed by atoms with Crippen molar-refractivity contribution < 1.29 is 31.1 Å². The third kappa shape index (κ3) is 6.22. The Bertz CT molecular complexity index is 1170. The molecule has 1 fully saturated rings. The summed E-state index contributed by atoms with van der Waals surface area (Å²) in [5.74, 6) is 0. The molecule has 1 saturated carbocycles. The van der Waals surface area contributed by atoms with Crippen molar-refractivity contribution in [1.82, 2.24) is 5.32 Å². The molecule has 0 saturated heterocycles. The van der Waals surface area contributed by atoms with Gasteiger partial charge in [0.2, 0.25) is 0 Å². The van der Waals surface area contributed by atoms with E-state index in [-0.39, 0.29) is 23.8 Å². The first kappa shape index (κ1) is 28.1. The Morgan fingerprint density at radius 2 is 1.37 bits per heavy atom. The Kier molecular flexibility index (Phi) is 7.93. The third-order valence-corrected chi connectivity index (χ3v) is 7.33. The molecule has 9 heteroatoms. The molecule has 38 heavy (non-hydrogen) atoms. The molecular formula is C29H30F6N2O. The van der Waals surface area contributed by atoms with Gasteiger partial charge >= 0.3 is 12.4 Å². The van der Waals surface area contributed by atoms with Crippen molar-refractivity contribution in [2.45, 2.75) is 55.7 Å². The maximum absolute atomic E-state index is 13.4. The van der Waals surface area contributed by atoms with E-state index in [0.717, 1.165) is 23.3 Å². The lowest BCUT2D eigenvalue weighted by molar-refractivity contribution is -0.143. The number of rotatable bonds is 9. The normalized spacial score (nSPS) is 22.6. The van der Waals surface area contributed by atoms with Gasteiger partial charge in [-0.2, -0.15) is 26.3 Å². The van der Waals surface area contributed by atoms with Crippen molar-refractivity contribution in [2.24, 2.45) is 5.73 Å². The van der Waals surface area contributed by atoms with Gasteiger partial charge in [0.05, 0.1) is 23.8 Å². The van der Waals surface area contributed by atoms with Crippen molar-refractivity contribution in [1.29, 1.82) is 0 Å². The highest BCUT2D eigenvalue weighted by molar-refractivity contribution is 5.36. The van der Waals surface area contributed by atoms with Crippen LogP contribution in [0.4, 0.5) is 26.3 Å². The van der Waals surface area contributed by atoms with Crippen molar-refractivity contribution in [2.75, 3.05) is 13.2 Å². The summed E-state index contributed by atoms with van der Waals surface area (Å²) >= 11 is 0. The second kappa shape index (κ2) is 10.7. The maximum atomic E-state index is 13.4. The van der Waals surface area contributed by atoms with Crippen molar-refractivity contribution in [3.63, 3.8) is 0 Å². The van der Waals surface area contributed by atoms with Gasteiger partial charge in [0.1, 0.15) is 0 Å². The van der Waals surface area contributed by atoms with Gasteiger partial charge in [-0.25, -0.2) is 0 Å². The fourth-order valence-corrected chi connectivity index (χ4v) is 5.25. The van der Waals surface area contributed by atoms with Gasteiger partial charge in [-0.15, -0.1) is 0 Å². The second-order valence-corrected chi connectivity index (χ2v) is 10.1. The molecule has 0 aliphatic heterocycles. The zero-order valence-electron chi connectivity index (χ0n) is 20.9. The first-order valence-corrected chi connectivity index (χ1v) is 12.3. The number of alkyl halides is 6. The van der Waals surface area contributed by atoms with Crippen LogP contribution in [0.25, 0.3) is 0 Å². The average molecular weight is 537 g/mol. The minimum Gasteiger partial charge on any atom is -0.373 e. The van der Waals surface area contributed by atoms with Crippen LogP contribution in [0.5, 0.6) is 0 Å². The van der Waals surface area contributed by atoms with Gasteiger partial charge in [-0.3, -0.25) is 0 Å². The second-order valence-electron chi connectivity index (χ2n) is 10.1. The van der Waals surface area contributed by atoms with E-state index in [1.54, 1.807) is 0 Å². The number of hydrogen-bond acceptors (Lipinski definition) is 3. The van der Waals surface area contributed by atoms with Gasteiger partial charge in [0.15, 0.2) is 0 Å². The molecule has 0 bridgehead atoms. The molecule has 1 atom stereocenters. The van der Waals surface area contributed by atoms with E-state index >= 15 is 0 Å². The van der Waals surface area contributed by atoms with Crippen LogP contribution in [-0.4, -0.2) is 18.7 Å². The summed E-state index contributed by atoms with van der Waals surface area (Å²) in [6, 6.07) is 21.0. The molecule has 3 N–H and O–H groups in total. The summed E-state index contributed by atoms with van der Waals surface area (Å²) in [6.07, 6.45) is -9.61. The smallest absolute Gasteiger partial charge is 0.373 e. The van der Waals surface area contributed by atoms with E-state index in [0.29, 0.717) is 25.9 Å². The van der Waals surface area contributed by atoms with Crippen molar-refractivity contribution in [3.05, 3.63) is 107 Å². The molecule has 204 valence electrons. The number of benzene rings is 3. The highest BCUT2D eigenvalue weighted by Crippen LogP contribution is 2.51. The molecule has 0 spiro atoms. The molecule has 0 heterocycles. The summed E-state index contributed by atoms with van der Waals surface area (Å²) in [5.41, 5.74) is 4.51. The predicted molar refractivity (Wildman–Crippen MR) is 133 cm³/mol. The summed E-state index contributed by atoms with van der Waals surface area (Å²) in [5, 5.41) is 3.56. The SMILES string of the molecule is C[C@@H](OCC1(c2ccccc2)CC(CN)(NCc2ccccc2)C1)c1cc(C(F)(F)F)cc(C(F)(F)F)c1. The van der Waals surface area contributed by atoms with Crippen molar-refractivity contribution in [3.8, 4) is 0 Å². The van der Waals surface area contributed by atoms with Crippen LogP contribution in [-0.2, 0) is 29.0 Å². The summed E-state index contributed by atoms with van der Waals surface area (Å²) in [4.78, 5) is 0. The lowest BCUT2D eigenvalue weighted by Gasteiger charge is -2.57. The number of nitrogens with two attached hydrogens (primary N) is 1. The van der Waals surface area contributed by atoms with Gasteiger partial charge in [-0.1, -0.05) is 60.7 Å². The topological polar surface area (TPSA) is 47.3 Å². The lowest BCUT2D eigenvalue weighted by Crippen LogP contribution is -2.67. The molecule has 4 rings (SSSR count). The Labute approximate surface area is 218 Å². The van der Waals surface area contributed by atoms with E-state index in [1.807, 2.05) is 60.7 Å². The Balaban J connectivity index is 1.55. The Hall–Kier alpha value is -2.88. The van der Waals surface area contributed by atoms with Crippen LogP contribution in [0.3, 0.4) is 0 Å². The molecule has 3 nitrogen and oxygen atoms in total. The third-order valence-electron chi connectivity index (χ3n) is 7.33. The van der Waals surface area contributed by atoms with E-state index < -0.39 is 35.0 Å². The van der Waals surface area contributed by atoms with E-state index in [1.165, 1.54) is 6.92 Å². The minimum atomic E-state index is -4.92. The summed E-state index contributed by atoms with van der Waals surface area (Å²) < 4.78 is 86.1. The van der Waals surface area contributed by atoms with E-state index in [2.05, 4.69) is 5.32 Å². The molecular weight excluding hydrogens is 506 g/mol. The quantitative estimate of drug-likeness (QED) is 0.289. The van der Waals surface area contributed by atoms with Crippen LogP contribution in [0.15, 0.2) is 78.9 Å². The maximum Gasteiger partial charge on any atom is 0.416 e. The summed E-state index contributed by atoms with van der Waals surface area (Å²) in [7, 11) is 0. The van der Waals surface area contributed by atoms with Gasteiger partial charge in [0, 0.05) is 24.0 Å². The standard InChI is InChI=1S/C29H30F6N2O/c1-20(22-12-24(28(30,31)32)14-25(13-22)29(33,34)35)38-19-26(23-10-6-3-7-11-23)16-27(17-26,18-36)37-15-21-8-4-2-5-9-21/h2-14,20,37H,15-19,36H2,1H3/t20-,26?,27?/m1/s1. The number of hydrogen-bond donors (Lipinski definition) is 2. The van der Waals surface area contributed by atoms with Crippen LogP contribution in [0.1, 0.15) is 53.7 Å². The molecule has 1 aliphatic rings. The predicted octanol–water partition coefficient (Wildman–Crippen LogP) is 7.02. The van der Waals surface area contributed by atoms with Gasteiger partial charge in [0.25, 0.3) is 0 Å². The highest BCUT2D eigenvalue weighted by Gasteiger charge is 2.54. The molecule has 0 unspecified atom stereocenters. The fourth-order valence-electron chi connectivity index (χ4n) is 5.25. The highest BCUT2D eigenvalue weighted by atomic mass is 19.4. The first-order valence-electron chi connectivity index (χ1n) is 12.3. The number of nitrogens with one attached hydrogen (secondary N) is 1. The molecule has 3 aromatic carbocycles. The lowest BCUT2D eigenvalue weighted by atomic mass is 9.54. The largest absolute Gasteiger partial charge is 0.416 e. The minimum absolute atomic E-state index is 0.116. The van der Waals surface area contributed by atoms with Crippen LogP contribution in [0, 0.1) is 0 Å². The van der Waals surface area contributed by atoms with Gasteiger partial charge in [-0.05, 0) is 54.7 Å². The summed E-state index contributed by atoms with van der Waals surface area (Å²) in [6.45, 7) is 2.57. The average Bonchev–Trinajstić information content (AvgIpc) is 2.87. The molecule has 3 aromatic rings. The zero-order chi connectivity index (χ0) is 27.6. The molecule has 1 aliphatic carbocycles. The van der Waals surface area contributed by atoms with Gasteiger partial charge < -0.3 is 15.8 Å². The van der Waals surface area contributed by atoms with E-state index in [9.17, 15) is 26.3 Å².